The molecule has 0 saturated heterocycles. The molecule has 0 spiro atoms. The molecule has 1 aromatic heterocycles. The zero-order valence-electron chi connectivity index (χ0n) is 11.1. The fourth-order valence-corrected chi connectivity index (χ4v) is 3.66. The van der Waals surface area contributed by atoms with E-state index in [2.05, 4.69) is 0 Å². The Hall–Kier alpha value is -2.46. The van der Waals surface area contributed by atoms with Gasteiger partial charge in [-0.2, -0.15) is 0 Å². The fourth-order valence-electron chi connectivity index (χ4n) is 2.71. The first-order valence-corrected chi connectivity index (χ1v) is 7.54. The van der Waals surface area contributed by atoms with Crippen LogP contribution >= 0.6 is 11.3 Å². The van der Waals surface area contributed by atoms with Crippen molar-refractivity contribution < 1.29 is 9.59 Å². The molecule has 3 nitrogen and oxygen atoms in total. The molecule has 0 unspecified atom stereocenters. The fraction of sp³-hybridized carbons (Fsp3) is 0.0588. The van der Waals surface area contributed by atoms with E-state index < -0.39 is 0 Å². The van der Waals surface area contributed by atoms with Gasteiger partial charge in [-0.05, 0) is 34.5 Å². The molecule has 0 atom stereocenters. The highest BCUT2D eigenvalue weighted by molar-refractivity contribution is 7.17. The Balaban J connectivity index is 1.73. The Morgan fingerprint density at radius 1 is 0.857 bits per heavy atom. The van der Waals surface area contributed by atoms with Crippen molar-refractivity contribution in [3.05, 3.63) is 70.6 Å². The van der Waals surface area contributed by atoms with Crippen LogP contribution < -0.4 is 0 Å². The number of nitrogens with zero attached hydrogens (tertiary/aromatic N) is 1. The summed E-state index contributed by atoms with van der Waals surface area (Å²) in [5.74, 6) is -0.406. The summed E-state index contributed by atoms with van der Waals surface area (Å²) >= 11 is 1.63. The summed E-state index contributed by atoms with van der Waals surface area (Å²) in [4.78, 5) is 26.1. The maximum atomic E-state index is 12.4. The van der Waals surface area contributed by atoms with E-state index in [4.69, 9.17) is 0 Å². The van der Waals surface area contributed by atoms with Gasteiger partial charge in [0.1, 0.15) is 0 Å². The van der Waals surface area contributed by atoms with Gasteiger partial charge in [0.15, 0.2) is 0 Å². The highest BCUT2D eigenvalue weighted by Crippen LogP contribution is 2.30. The number of hydrogen-bond donors (Lipinski definition) is 0. The average Bonchev–Trinajstić information content (AvgIpc) is 3.04. The molecule has 21 heavy (non-hydrogen) atoms. The molecule has 1 aliphatic heterocycles. The zero-order valence-corrected chi connectivity index (χ0v) is 11.9. The van der Waals surface area contributed by atoms with Crippen LogP contribution in [-0.4, -0.2) is 16.7 Å². The monoisotopic (exact) mass is 293 g/mol. The molecule has 4 rings (SSSR count). The minimum Gasteiger partial charge on any atom is -0.270 e. The molecule has 0 N–H and O–H groups in total. The third kappa shape index (κ3) is 1.80. The van der Waals surface area contributed by atoms with Crippen molar-refractivity contribution >= 4 is 33.2 Å². The number of thiophene rings is 1. The molecule has 102 valence electrons. The molecule has 0 bridgehead atoms. The normalized spacial score (nSPS) is 14.0. The van der Waals surface area contributed by atoms with Crippen molar-refractivity contribution in [1.82, 2.24) is 4.90 Å². The van der Waals surface area contributed by atoms with Crippen LogP contribution in [0.2, 0.25) is 0 Å². The topological polar surface area (TPSA) is 37.4 Å². The second-order valence-electron chi connectivity index (χ2n) is 5.00. The lowest BCUT2D eigenvalue weighted by Gasteiger charge is -2.13. The van der Waals surface area contributed by atoms with Crippen molar-refractivity contribution in [1.29, 1.82) is 0 Å². The highest BCUT2D eigenvalue weighted by atomic mass is 32.1. The highest BCUT2D eigenvalue weighted by Gasteiger charge is 2.35. The number of rotatable bonds is 2. The Bertz CT molecular complexity index is 846. The SMILES string of the molecule is O=C1c2ccccc2C(=O)N1Cc1csc2ccccc12. The lowest BCUT2D eigenvalue weighted by atomic mass is 10.1. The van der Waals surface area contributed by atoms with Crippen LogP contribution in [0.5, 0.6) is 0 Å². The summed E-state index contributed by atoms with van der Waals surface area (Å²) in [5.41, 5.74) is 2.02. The van der Waals surface area contributed by atoms with Gasteiger partial charge in [-0.15, -0.1) is 11.3 Å². The van der Waals surface area contributed by atoms with Crippen LogP contribution in [-0.2, 0) is 6.54 Å². The van der Waals surface area contributed by atoms with Crippen LogP contribution in [0.1, 0.15) is 26.3 Å². The van der Waals surface area contributed by atoms with Gasteiger partial charge < -0.3 is 0 Å². The van der Waals surface area contributed by atoms with Crippen LogP contribution in [0.3, 0.4) is 0 Å². The van der Waals surface area contributed by atoms with Gasteiger partial charge in [0.2, 0.25) is 0 Å². The van der Waals surface area contributed by atoms with Gasteiger partial charge in [-0.25, -0.2) is 0 Å². The second kappa shape index (κ2) is 4.53. The van der Waals surface area contributed by atoms with Crippen LogP contribution in [0.25, 0.3) is 10.1 Å². The molecular weight excluding hydrogens is 282 g/mol. The van der Waals surface area contributed by atoms with Crippen molar-refractivity contribution in [2.45, 2.75) is 6.54 Å². The molecule has 0 fully saturated rings. The molecular formula is C17H11NO2S. The van der Waals surface area contributed by atoms with E-state index in [-0.39, 0.29) is 11.8 Å². The molecule has 0 saturated carbocycles. The predicted octanol–water partition coefficient (Wildman–Crippen LogP) is 3.70. The predicted molar refractivity (Wildman–Crippen MR) is 82.5 cm³/mol. The quantitative estimate of drug-likeness (QED) is 0.676. The van der Waals surface area contributed by atoms with Gasteiger partial charge in [0.05, 0.1) is 17.7 Å². The maximum Gasteiger partial charge on any atom is 0.261 e. The first kappa shape index (κ1) is 12.3. The van der Waals surface area contributed by atoms with E-state index in [9.17, 15) is 9.59 Å². The smallest absolute Gasteiger partial charge is 0.261 e. The summed E-state index contributed by atoms with van der Waals surface area (Å²) in [6, 6.07) is 15.0. The van der Waals surface area contributed by atoms with Crippen molar-refractivity contribution in [3.8, 4) is 0 Å². The Kier molecular flexibility index (Phi) is 2.65. The first-order valence-electron chi connectivity index (χ1n) is 6.66. The summed E-state index contributed by atoms with van der Waals surface area (Å²) in [6.45, 7) is 0.330. The lowest BCUT2D eigenvalue weighted by molar-refractivity contribution is 0.0643. The van der Waals surface area contributed by atoms with Crippen LogP contribution in [0.15, 0.2) is 53.9 Å². The van der Waals surface area contributed by atoms with E-state index >= 15 is 0 Å². The van der Waals surface area contributed by atoms with E-state index in [0.29, 0.717) is 17.7 Å². The number of imide groups is 1. The third-order valence-electron chi connectivity index (χ3n) is 3.77. The van der Waals surface area contributed by atoms with E-state index in [0.717, 1.165) is 10.9 Å². The van der Waals surface area contributed by atoms with Crippen molar-refractivity contribution in [3.63, 3.8) is 0 Å². The molecule has 0 aliphatic carbocycles. The average molecular weight is 293 g/mol. The number of fused-ring (bicyclic) bond motifs is 2. The molecule has 2 aromatic carbocycles. The zero-order chi connectivity index (χ0) is 14.4. The standard InChI is InChI=1S/C17H11NO2S/c19-16-13-6-1-2-7-14(13)17(20)18(16)9-11-10-21-15-8-4-3-5-12(11)15/h1-8,10H,9H2. The summed E-state index contributed by atoms with van der Waals surface area (Å²) in [6.07, 6.45) is 0. The van der Waals surface area contributed by atoms with Gasteiger partial charge in [-0.3, -0.25) is 14.5 Å². The number of hydrogen-bond acceptors (Lipinski definition) is 3. The molecule has 1 aliphatic rings. The van der Waals surface area contributed by atoms with Crippen LogP contribution in [0.4, 0.5) is 0 Å². The van der Waals surface area contributed by atoms with Crippen LogP contribution in [0, 0.1) is 0 Å². The van der Waals surface area contributed by atoms with Gasteiger partial charge in [0.25, 0.3) is 11.8 Å². The Labute approximate surface area is 125 Å². The molecule has 3 aromatic rings. The molecule has 2 heterocycles. The summed E-state index contributed by atoms with van der Waals surface area (Å²) in [5, 5.41) is 3.13. The molecule has 4 heteroatoms. The second-order valence-corrected chi connectivity index (χ2v) is 5.91. The third-order valence-corrected chi connectivity index (χ3v) is 4.78. The Morgan fingerprint density at radius 3 is 2.19 bits per heavy atom. The van der Waals surface area contributed by atoms with Gasteiger partial charge in [0, 0.05) is 4.70 Å². The van der Waals surface area contributed by atoms with E-state index in [1.54, 1.807) is 35.6 Å². The maximum absolute atomic E-state index is 12.4. The minimum atomic E-state index is -0.203. The summed E-state index contributed by atoms with van der Waals surface area (Å²) < 4.78 is 1.17. The van der Waals surface area contributed by atoms with Gasteiger partial charge >= 0.3 is 0 Å². The lowest BCUT2D eigenvalue weighted by Crippen LogP contribution is -2.28. The number of benzene rings is 2. The van der Waals surface area contributed by atoms with Crippen molar-refractivity contribution in [2.24, 2.45) is 0 Å². The van der Waals surface area contributed by atoms with Crippen molar-refractivity contribution in [2.75, 3.05) is 0 Å². The van der Waals surface area contributed by atoms with E-state index in [1.807, 2.05) is 29.6 Å². The minimum absolute atomic E-state index is 0.203. The largest absolute Gasteiger partial charge is 0.270 e. The van der Waals surface area contributed by atoms with E-state index in [1.165, 1.54) is 9.60 Å². The molecule has 2 amide bonds. The van der Waals surface area contributed by atoms with Gasteiger partial charge in [-0.1, -0.05) is 30.3 Å². The Morgan fingerprint density at radius 2 is 1.48 bits per heavy atom. The first-order chi connectivity index (χ1) is 10.3. The molecule has 0 radical (unpaired) electrons. The number of carbonyl (C=O) groups excluding carboxylic acids is 2. The number of amides is 2. The summed E-state index contributed by atoms with van der Waals surface area (Å²) in [7, 11) is 0. The number of carbonyl (C=O) groups is 2.